The number of carbonyl (C=O) groups is 1. The molecular formula is C15H18N4O3S. The molecule has 23 heavy (non-hydrogen) atoms. The van der Waals surface area contributed by atoms with Crippen molar-refractivity contribution in [2.75, 3.05) is 24.8 Å². The van der Waals surface area contributed by atoms with E-state index in [1.165, 1.54) is 17.8 Å². The lowest BCUT2D eigenvalue weighted by Gasteiger charge is -2.05. The molecule has 0 saturated carbocycles. The topological polar surface area (TPSA) is 100 Å². The lowest BCUT2D eigenvalue weighted by Crippen LogP contribution is -2.09. The summed E-state index contributed by atoms with van der Waals surface area (Å²) >= 11 is 1.30. The van der Waals surface area contributed by atoms with E-state index >= 15 is 0 Å². The van der Waals surface area contributed by atoms with Crippen LogP contribution in [0.4, 0.5) is 5.95 Å². The predicted molar refractivity (Wildman–Crippen MR) is 89.5 cm³/mol. The van der Waals surface area contributed by atoms with E-state index in [9.17, 15) is 4.79 Å². The second-order valence-electron chi connectivity index (χ2n) is 4.59. The molecule has 0 bridgehead atoms. The summed E-state index contributed by atoms with van der Waals surface area (Å²) in [5.41, 5.74) is 1.70. The molecule has 0 aliphatic carbocycles. The van der Waals surface area contributed by atoms with Crippen molar-refractivity contribution in [3.05, 3.63) is 35.9 Å². The summed E-state index contributed by atoms with van der Waals surface area (Å²) < 4.78 is 5.17. The average molecular weight is 334 g/mol. The van der Waals surface area contributed by atoms with Gasteiger partial charge >= 0.3 is 0 Å². The minimum absolute atomic E-state index is 0.0450. The fraction of sp³-hybridized carbons (Fsp3) is 0.267. The highest BCUT2D eigenvalue weighted by molar-refractivity contribution is 7.99. The molecule has 7 nitrogen and oxygen atoms in total. The number of nitrogens with zero attached hydrogens (tertiary/aromatic N) is 2. The molecule has 8 heteroatoms. The van der Waals surface area contributed by atoms with Gasteiger partial charge in [0.2, 0.25) is 11.1 Å². The van der Waals surface area contributed by atoms with Crippen molar-refractivity contribution in [2.45, 2.75) is 12.1 Å². The normalized spacial score (nSPS) is 11.3. The first kappa shape index (κ1) is 17.0. The van der Waals surface area contributed by atoms with Crippen LogP contribution in [0.15, 0.2) is 35.5 Å². The minimum atomic E-state index is -0.305. The number of ether oxygens (including phenoxy) is 1. The van der Waals surface area contributed by atoms with Crippen LogP contribution < -0.4 is 10.1 Å². The van der Waals surface area contributed by atoms with Crippen LogP contribution in [0.3, 0.4) is 0 Å². The summed E-state index contributed by atoms with van der Waals surface area (Å²) in [6.07, 6.45) is 1.48. The molecule has 3 N–H and O–H groups in total. The standard InChI is InChI=1S/C15H18N4O3S/c1-10(11-4-3-5-12(9-11)22-2)8-13(21)16-14-17-15(19-18-14)23-7-6-20/h3-5,8-9,20H,6-7H2,1-2H3,(H2,16,17,18,19,21)/b10-8+. The zero-order valence-electron chi connectivity index (χ0n) is 12.9. The van der Waals surface area contributed by atoms with Crippen molar-refractivity contribution in [1.29, 1.82) is 0 Å². The van der Waals surface area contributed by atoms with Crippen LogP contribution in [0.2, 0.25) is 0 Å². The number of anilines is 1. The summed E-state index contributed by atoms with van der Waals surface area (Å²) in [4.78, 5) is 16.1. The lowest BCUT2D eigenvalue weighted by atomic mass is 10.1. The third-order valence-electron chi connectivity index (χ3n) is 2.90. The van der Waals surface area contributed by atoms with Gasteiger partial charge in [-0.25, -0.2) is 5.10 Å². The monoisotopic (exact) mass is 334 g/mol. The van der Waals surface area contributed by atoms with Crippen molar-refractivity contribution in [3.63, 3.8) is 0 Å². The van der Waals surface area contributed by atoms with Crippen molar-refractivity contribution in [1.82, 2.24) is 15.2 Å². The SMILES string of the molecule is COc1cccc(/C(C)=C/C(=O)Nc2nc(SCCO)n[nH]2)c1. The summed E-state index contributed by atoms with van der Waals surface area (Å²) in [6, 6.07) is 7.47. The molecule has 0 spiro atoms. The highest BCUT2D eigenvalue weighted by atomic mass is 32.2. The van der Waals surface area contributed by atoms with Gasteiger partial charge in [-0.1, -0.05) is 23.9 Å². The largest absolute Gasteiger partial charge is 0.497 e. The molecule has 2 rings (SSSR count). The number of aliphatic hydroxyl groups excluding tert-OH is 1. The van der Waals surface area contributed by atoms with E-state index in [0.29, 0.717) is 10.9 Å². The average Bonchev–Trinajstić information content (AvgIpc) is 3.00. The number of hydrogen-bond donors (Lipinski definition) is 3. The van der Waals surface area contributed by atoms with Crippen LogP contribution in [-0.4, -0.2) is 45.7 Å². The molecule has 0 atom stereocenters. The van der Waals surface area contributed by atoms with E-state index in [1.807, 2.05) is 31.2 Å². The second kappa shape index (κ2) is 8.35. The Morgan fingerprint density at radius 3 is 3.09 bits per heavy atom. The smallest absolute Gasteiger partial charge is 0.250 e. The van der Waals surface area contributed by atoms with Crippen LogP contribution in [0.5, 0.6) is 5.75 Å². The number of aliphatic hydroxyl groups is 1. The zero-order valence-corrected chi connectivity index (χ0v) is 13.7. The molecule has 1 aromatic heterocycles. The second-order valence-corrected chi connectivity index (χ2v) is 5.65. The predicted octanol–water partition coefficient (Wildman–Crippen LogP) is 1.94. The third-order valence-corrected chi connectivity index (χ3v) is 3.73. The maximum absolute atomic E-state index is 12.0. The summed E-state index contributed by atoms with van der Waals surface area (Å²) in [5, 5.41) is 18.4. The molecule has 0 radical (unpaired) electrons. The number of nitrogens with one attached hydrogen (secondary N) is 2. The van der Waals surface area contributed by atoms with Crippen LogP contribution in [-0.2, 0) is 4.79 Å². The lowest BCUT2D eigenvalue weighted by molar-refractivity contribution is -0.111. The summed E-state index contributed by atoms with van der Waals surface area (Å²) in [6.45, 7) is 1.89. The van der Waals surface area contributed by atoms with Gasteiger partial charge in [0.1, 0.15) is 5.75 Å². The highest BCUT2D eigenvalue weighted by Gasteiger charge is 2.07. The Bertz CT molecular complexity index is 700. The maximum atomic E-state index is 12.0. The number of thioether (sulfide) groups is 1. The first-order valence-electron chi connectivity index (χ1n) is 6.92. The number of hydrogen-bond acceptors (Lipinski definition) is 6. The Morgan fingerprint density at radius 2 is 2.35 bits per heavy atom. The Morgan fingerprint density at radius 1 is 1.52 bits per heavy atom. The molecular weight excluding hydrogens is 316 g/mol. The molecule has 0 aliphatic heterocycles. The van der Waals surface area contributed by atoms with Gasteiger partial charge in [0.15, 0.2) is 0 Å². The zero-order chi connectivity index (χ0) is 16.7. The van der Waals surface area contributed by atoms with Gasteiger partial charge in [-0.2, -0.15) is 4.98 Å². The summed E-state index contributed by atoms with van der Waals surface area (Å²) in [5.74, 6) is 1.20. The van der Waals surface area contributed by atoms with E-state index in [0.717, 1.165) is 16.9 Å². The molecule has 1 aromatic carbocycles. The van der Waals surface area contributed by atoms with Crippen molar-refractivity contribution < 1.29 is 14.6 Å². The number of amides is 1. The molecule has 0 unspecified atom stereocenters. The first-order chi connectivity index (χ1) is 11.1. The molecule has 2 aromatic rings. The molecule has 122 valence electrons. The minimum Gasteiger partial charge on any atom is -0.497 e. The number of methoxy groups -OCH3 is 1. The fourth-order valence-electron chi connectivity index (χ4n) is 1.80. The van der Waals surface area contributed by atoms with Crippen molar-refractivity contribution in [2.24, 2.45) is 0 Å². The van der Waals surface area contributed by atoms with E-state index in [2.05, 4.69) is 20.5 Å². The molecule has 0 fully saturated rings. The van der Waals surface area contributed by atoms with Gasteiger partial charge in [0.05, 0.1) is 13.7 Å². The number of H-pyrrole nitrogens is 1. The van der Waals surface area contributed by atoms with Crippen LogP contribution >= 0.6 is 11.8 Å². The van der Waals surface area contributed by atoms with E-state index in [1.54, 1.807) is 7.11 Å². The Hall–Kier alpha value is -2.32. The van der Waals surface area contributed by atoms with E-state index < -0.39 is 0 Å². The van der Waals surface area contributed by atoms with Crippen LogP contribution in [0.25, 0.3) is 5.57 Å². The Kier molecular flexibility index (Phi) is 6.19. The summed E-state index contributed by atoms with van der Waals surface area (Å²) in [7, 11) is 1.60. The van der Waals surface area contributed by atoms with Gasteiger partial charge in [-0.3, -0.25) is 10.1 Å². The fourth-order valence-corrected chi connectivity index (χ4v) is 2.34. The number of carbonyl (C=O) groups excluding carboxylic acids is 1. The molecule has 0 saturated heterocycles. The van der Waals surface area contributed by atoms with Gasteiger partial charge in [-0.15, -0.1) is 5.10 Å². The Labute approximate surface area is 138 Å². The molecule has 0 aliphatic rings. The number of rotatable bonds is 7. The quantitative estimate of drug-likeness (QED) is 0.528. The van der Waals surface area contributed by atoms with E-state index in [4.69, 9.17) is 9.84 Å². The van der Waals surface area contributed by atoms with Crippen LogP contribution in [0, 0.1) is 0 Å². The van der Waals surface area contributed by atoms with Crippen LogP contribution in [0.1, 0.15) is 12.5 Å². The van der Waals surface area contributed by atoms with E-state index in [-0.39, 0.29) is 18.5 Å². The number of benzene rings is 1. The van der Waals surface area contributed by atoms with Gasteiger partial charge < -0.3 is 9.84 Å². The van der Waals surface area contributed by atoms with Gasteiger partial charge in [0.25, 0.3) is 5.91 Å². The maximum Gasteiger partial charge on any atom is 0.250 e. The van der Waals surface area contributed by atoms with Crippen molar-refractivity contribution in [3.8, 4) is 5.75 Å². The Balaban J connectivity index is 2.01. The number of allylic oxidation sites excluding steroid dienone is 1. The van der Waals surface area contributed by atoms with Crippen molar-refractivity contribution >= 4 is 29.2 Å². The van der Waals surface area contributed by atoms with Gasteiger partial charge in [0, 0.05) is 11.8 Å². The third kappa shape index (κ3) is 5.11. The molecule has 1 amide bonds. The first-order valence-corrected chi connectivity index (χ1v) is 7.90. The van der Waals surface area contributed by atoms with Gasteiger partial charge in [-0.05, 0) is 30.2 Å². The number of aromatic nitrogens is 3. The molecule has 1 heterocycles. The number of aromatic amines is 1. The highest BCUT2D eigenvalue weighted by Crippen LogP contribution is 2.19.